The lowest BCUT2D eigenvalue weighted by Gasteiger charge is -2.26. The number of likely N-dealkylation sites (tertiary alicyclic amines) is 1. The van der Waals surface area contributed by atoms with Gasteiger partial charge in [-0.05, 0) is 37.0 Å². The number of amides is 1. The molecule has 2 atom stereocenters. The molecule has 9 nitrogen and oxygen atoms in total. The maximum absolute atomic E-state index is 13.4. The summed E-state index contributed by atoms with van der Waals surface area (Å²) in [5.74, 6) is 0.363. The minimum Gasteiger partial charge on any atom is -0.497 e. The average molecular weight is 456 g/mol. The molecule has 178 valence electrons. The van der Waals surface area contributed by atoms with Crippen LogP contribution in [0, 0.1) is 0 Å². The highest BCUT2D eigenvalue weighted by Crippen LogP contribution is 2.30. The van der Waals surface area contributed by atoms with Crippen molar-refractivity contribution in [1.82, 2.24) is 25.2 Å². The molecule has 1 amide bonds. The van der Waals surface area contributed by atoms with Gasteiger partial charge in [0.25, 0.3) is 0 Å². The van der Waals surface area contributed by atoms with Crippen LogP contribution in [-0.2, 0) is 16.1 Å². The molecule has 33 heavy (non-hydrogen) atoms. The Morgan fingerprint density at radius 2 is 1.82 bits per heavy atom. The highest BCUT2D eigenvalue weighted by atomic mass is 16.5. The first-order valence-corrected chi connectivity index (χ1v) is 11.7. The fourth-order valence-electron chi connectivity index (χ4n) is 4.86. The SMILES string of the molecule is COC(=O)c1cn([C@H]2C[C@@H](C(=O)NC3CCCCCC3)N(Cc3ccc(OC)cc3)C2)nn1. The van der Waals surface area contributed by atoms with Gasteiger partial charge >= 0.3 is 5.97 Å². The van der Waals surface area contributed by atoms with Gasteiger partial charge < -0.3 is 14.8 Å². The lowest BCUT2D eigenvalue weighted by molar-refractivity contribution is -0.126. The number of benzene rings is 1. The van der Waals surface area contributed by atoms with Crippen LogP contribution in [0.1, 0.15) is 67.0 Å². The summed E-state index contributed by atoms with van der Waals surface area (Å²) in [7, 11) is 2.97. The van der Waals surface area contributed by atoms with Crippen LogP contribution in [0.3, 0.4) is 0 Å². The molecule has 0 unspecified atom stereocenters. The molecule has 1 aromatic heterocycles. The van der Waals surface area contributed by atoms with Gasteiger partial charge in [-0.25, -0.2) is 9.48 Å². The molecule has 4 rings (SSSR count). The van der Waals surface area contributed by atoms with E-state index in [0.29, 0.717) is 19.5 Å². The molecule has 2 heterocycles. The maximum atomic E-state index is 13.4. The van der Waals surface area contributed by atoms with E-state index in [-0.39, 0.29) is 29.7 Å². The van der Waals surface area contributed by atoms with Gasteiger partial charge in [0, 0.05) is 19.1 Å². The van der Waals surface area contributed by atoms with Gasteiger partial charge in [0.05, 0.1) is 32.5 Å². The molecule has 2 aromatic rings. The smallest absolute Gasteiger partial charge is 0.360 e. The fraction of sp³-hybridized carbons (Fsp3) is 0.583. The van der Waals surface area contributed by atoms with Crippen LogP contribution < -0.4 is 10.1 Å². The lowest BCUT2D eigenvalue weighted by atomic mass is 10.1. The van der Waals surface area contributed by atoms with Crippen molar-refractivity contribution >= 4 is 11.9 Å². The molecule has 1 aliphatic heterocycles. The van der Waals surface area contributed by atoms with Crippen LogP contribution in [0.2, 0.25) is 0 Å². The number of carbonyl (C=O) groups excluding carboxylic acids is 2. The molecular weight excluding hydrogens is 422 g/mol. The quantitative estimate of drug-likeness (QED) is 0.506. The van der Waals surface area contributed by atoms with Crippen molar-refractivity contribution in [2.24, 2.45) is 0 Å². The third kappa shape index (κ3) is 5.71. The van der Waals surface area contributed by atoms with Crippen LogP contribution in [0.5, 0.6) is 5.75 Å². The molecule has 2 aliphatic rings. The molecule has 2 fully saturated rings. The van der Waals surface area contributed by atoms with E-state index in [1.54, 1.807) is 18.0 Å². The minimum absolute atomic E-state index is 0.0564. The number of hydrogen-bond acceptors (Lipinski definition) is 7. The highest BCUT2D eigenvalue weighted by molar-refractivity contribution is 5.86. The number of aromatic nitrogens is 3. The molecule has 1 saturated heterocycles. The predicted octanol–water partition coefficient (Wildman–Crippen LogP) is 2.73. The number of ether oxygens (including phenoxy) is 2. The monoisotopic (exact) mass is 455 g/mol. The summed E-state index contributed by atoms with van der Waals surface area (Å²) < 4.78 is 11.7. The Hall–Kier alpha value is -2.94. The number of carbonyl (C=O) groups is 2. The second-order valence-corrected chi connectivity index (χ2v) is 8.96. The summed E-state index contributed by atoms with van der Waals surface area (Å²) in [4.78, 5) is 27.4. The van der Waals surface area contributed by atoms with E-state index in [1.165, 1.54) is 32.8 Å². The summed E-state index contributed by atoms with van der Waals surface area (Å²) in [6.45, 7) is 1.28. The van der Waals surface area contributed by atoms with Gasteiger partial charge in [0.2, 0.25) is 5.91 Å². The van der Waals surface area contributed by atoms with E-state index >= 15 is 0 Å². The van der Waals surface area contributed by atoms with Gasteiger partial charge in [-0.15, -0.1) is 5.10 Å². The Morgan fingerprint density at radius 3 is 2.48 bits per heavy atom. The van der Waals surface area contributed by atoms with Crippen molar-refractivity contribution in [3.05, 3.63) is 41.7 Å². The molecule has 1 saturated carbocycles. The molecule has 0 bridgehead atoms. The number of nitrogens with zero attached hydrogens (tertiary/aromatic N) is 4. The molecular formula is C24H33N5O4. The summed E-state index contributed by atoms with van der Waals surface area (Å²) >= 11 is 0. The van der Waals surface area contributed by atoms with E-state index in [4.69, 9.17) is 9.47 Å². The van der Waals surface area contributed by atoms with Gasteiger partial charge in [-0.2, -0.15) is 0 Å². The second-order valence-electron chi connectivity index (χ2n) is 8.96. The van der Waals surface area contributed by atoms with Crippen LogP contribution in [0.4, 0.5) is 0 Å². The van der Waals surface area contributed by atoms with Crippen molar-refractivity contribution in [1.29, 1.82) is 0 Å². The third-order valence-electron chi connectivity index (χ3n) is 6.71. The number of hydrogen-bond donors (Lipinski definition) is 1. The van der Waals surface area contributed by atoms with E-state index in [1.807, 2.05) is 24.3 Å². The minimum atomic E-state index is -0.517. The van der Waals surface area contributed by atoms with E-state index in [9.17, 15) is 9.59 Å². The largest absolute Gasteiger partial charge is 0.497 e. The van der Waals surface area contributed by atoms with Gasteiger partial charge in [0.1, 0.15) is 5.75 Å². The summed E-state index contributed by atoms with van der Waals surface area (Å²) in [6.07, 6.45) is 9.14. The average Bonchev–Trinajstić information content (AvgIpc) is 3.41. The zero-order valence-corrected chi connectivity index (χ0v) is 19.4. The molecule has 1 aromatic carbocycles. The summed E-state index contributed by atoms with van der Waals surface area (Å²) in [5, 5.41) is 11.4. The summed E-state index contributed by atoms with van der Waals surface area (Å²) in [6, 6.07) is 7.84. The number of rotatable bonds is 7. The van der Waals surface area contributed by atoms with Crippen molar-refractivity contribution in [3.63, 3.8) is 0 Å². The first-order valence-electron chi connectivity index (χ1n) is 11.7. The zero-order chi connectivity index (χ0) is 23.2. The summed E-state index contributed by atoms with van der Waals surface area (Å²) in [5.41, 5.74) is 1.28. The van der Waals surface area contributed by atoms with Crippen LogP contribution in [0.25, 0.3) is 0 Å². The zero-order valence-electron chi connectivity index (χ0n) is 19.4. The Morgan fingerprint density at radius 1 is 1.09 bits per heavy atom. The van der Waals surface area contributed by atoms with E-state index in [2.05, 4.69) is 20.5 Å². The Kier molecular flexibility index (Phi) is 7.59. The van der Waals surface area contributed by atoms with Gasteiger partial charge in [0.15, 0.2) is 5.69 Å². The van der Waals surface area contributed by atoms with E-state index < -0.39 is 5.97 Å². The van der Waals surface area contributed by atoms with Crippen molar-refractivity contribution in [2.75, 3.05) is 20.8 Å². The maximum Gasteiger partial charge on any atom is 0.360 e. The number of methoxy groups -OCH3 is 2. The fourth-order valence-corrected chi connectivity index (χ4v) is 4.86. The van der Waals surface area contributed by atoms with Crippen LogP contribution in [-0.4, -0.2) is 64.6 Å². The first kappa shape index (κ1) is 23.2. The highest BCUT2D eigenvalue weighted by Gasteiger charge is 2.39. The number of esters is 1. The molecule has 1 N–H and O–H groups in total. The first-order chi connectivity index (χ1) is 16.1. The molecule has 9 heteroatoms. The molecule has 1 aliphatic carbocycles. The van der Waals surface area contributed by atoms with Crippen molar-refractivity contribution in [3.8, 4) is 5.75 Å². The second kappa shape index (κ2) is 10.8. The van der Waals surface area contributed by atoms with E-state index in [0.717, 1.165) is 24.2 Å². The molecule has 0 radical (unpaired) electrons. The number of nitrogens with one attached hydrogen (secondary N) is 1. The van der Waals surface area contributed by atoms with Gasteiger partial charge in [-0.3, -0.25) is 9.69 Å². The normalized spacial score (nSPS) is 22.0. The third-order valence-corrected chi connectivity index (χ3v) is 6.71. The molecule has 0 spiro atoms. The Bertz CT molecular complexity index is 937. The Balaban J connectivity index is 1.50. The van der Waals surface area contributed by atoms with Crippen molar-refractivity contribution in [2.45, 2.75) is 69.6 Å². The van der Waals surface area contributed by atoms with Crippen LogP contribution >= 0.6 is 0 Å². The van der Waals surface area contributed by atoms with Gasteiger partial charge in [-0.1, -0.05) is 43.0 Å². The van der Waals surface area contributed by atoms with Crippen LogP contribution in [0.15, 0.2) is 30.5 Å². The standard InChI is InChI=1S/C24H33N5O4/c1-32-20-11-9-17(10-12-20)14-28-15-19(29-16-21(26-27-29)24(31)33-2)13-22(28)23(30)25-18-7-5-3-4-6-8-18/h9-12,16,18-19,22H,3-8,13-15H2,1-2H3,(H,25,30)/t19-,22-/m0/s1. The Labute approximate surface area is 194 Å². The topological polar surface area (TPSA) is 98.6 Å². The predicted molar refractivity (Wildman–Crippen MR) is 122 cm³/mol. The van der Waals surface area contributed by atoms with Crippen molar-refractivity contribution < 1.29 is 19.1 Å². The lowest BCUT2D eigenvalue weighted by Crippen LogP contribution is -2.46.